The van der Waals surface area contributed by atoms with Crippen LogP contribution in [0.25, 0.3) is 0 Å². The number of anilines is 3. The van der Waals surface area contributed by atoms with Crippen molar-refractivity contribution in [1.82, 2.24) is 15.2 Å². The zero-order chi connectivity index (χ0) is 18.4. The van der Waals surface area contributed by atoms with Gasteiger partial charge in [0.05, 0.1) is 12.3 Å². The molecular weight excluding hydrogens is 326 g/mol. The number of nitrogens with one attached hydrogen (secondary N) is 2. The molecule has 6 heteroatoms. The quantitative estimate of drug-likeness (QED) is 0.662. The van der Waals surface area contributed by atoms with Crippen molar-refractivity contribution in [1.29, 1.82) is 0 Å². The largest absolute Gasteiger partial charge is 0.491 e. The number of ether oxygens (including phenoxy) is 1. The van der Waals surface area contributed by atoms with Gasteiger partial charge in [0.1, 0.15) is 5.75 Å². The molecule has 0 atom stereocenters. The van der Waals surface area contributed by atoms with E-state index in [1.54, 1.807) is 6.20 Å². The molecule has 3 aromatic rings. The van der Waals surface area contributed by atoms with E-state index in [4.69, 9.17) is 4.74 Å². The number of nitrogens with zero attached hydrogens (tertiary/aromatic N) is 3. The van der Waals surface area contributed by atoms with Gasteiger partial charge in [-0.05, 0) is 56.2 Å². The Balaban J connectivity index is 1.63. The molecule has 2 aromatic carbocycles. The summed E-state index contributed by atoms with van der Waals surface area (Å²) in [6, 6.07) is 15.9. The van der Waals surface area contributed by atoms with E-state index < -0.39 is 0 Å². The van der Waals surface area contributed by atoms with Gasteiger partial charge in [-0.3, -0.25) is 0 Å². The van der Waals surface area contributed by atoms with Crippen molar-refractivity contribution in [2.24, 2.45) is 0 Å². The van der Waals surface area contributed by atoms with Crippen LogP contribution >= 0.6 is 0 Å². The summed E-state index contributed by atoms with van der Waals surface area (Å²) in [5.41, 5.74) is 3.34. The third-order valence-electron chi connectivity index (χ3n) is 3.76. The van der Waals surface area contributed by atoms with E-state index >= 15 is 0 Å². The summed E-state index contributed by atoms with van der Waals surface area (Å²) in [5, 5.41) is 14.5. The van der Waals surface area contributed by atoms with Crippen LogP contribution in [0.3, 0.4) is 0 Å². The Kier molecular flexibility index (Phi) is 5.63. The first-order valence-electron chi connectivity index (χ1n) is 8.62. The zero-order valence-corrected chi connectivity index (χ0v) is 15.2. The van der Waals surface area contributed by atoms with Crippen molar-refractivity contribution >= 4 is 17.5 Å². The van der Waals surface area contributed by atoms with E-state index in [0.717, 1.165) is 11.4 Å². The molecule has 6 nitrogen and oxygen atoms in total. The lowest BCUT2D eigenvalue weighted by molar-refractivity contribution is 0.242. The van der Waals surface area contributed by atoms with E-state index in [-0.39, 0.29) is 6.10 Å². The van der Waals surface area contributed by atoms with Crippen molar-refractivity contribution in [3.05, 3.63) is 65.9 Å². The van der Waals surface area contributed by atoms with Crippen molar-refractivity contribution in [3.8, 4) is 5.75 Å². The Morgan fingerprint density at radius 1 is 1.04 bits per heavy atom. The highest BCUT2D eigenvalue weighted by atomic mass is 16.5. The maximum Gasteiger partial charge on any atom is 0.249 e. The Hall–Kier alpha value is -3.15. The molecule has 3 rings (SSSR count). The molecule has 0 unspecified atom stereocenters. The SMILES string of the molecule is Cc1ccccc1CNc1cnnc(Nc2ccc(OC(C)C)cc2)n1. The van der Waals surface area contributed by atoms with Gasteiger partial charge in [-0.25, -0.2) is 0 Å². The van der Waals surface area contributed by atoms with E-state index in [1.165, 1.54) is 11.1 Å². The Morgan fingerprint density at radius 3 is 2.54 bits per heavy atom. The molecule has 1 aromatic heterocycles. The molecule has 2 N–H and O–H groups in total. The minimum atomic E-state index is 0.150. The molecule has 0 radical (unpaired) electrons. The van der Waals surface area contributed by atoms with Crippen LogP contribution in [-0.2, 0) is 6.54 Å². The summed E-state index contributed by atoms with van der Waals surface area (Å²) >= 11 is 0. The van der Waals surface area contributed by atoms with Crippen LogP contribution in [0.15, 0.2) is 54.7 Å². The van der Waals surface area contributed by atoms with Crippen LogP contribution in [0.1, 0.15) is 25.0 Å². The molecule has 0 amide bonds. The van der Waals surface area contributed by atoms with Gasteiger partial charge in [0.15, 0.2) is 5.82 Å². The smallest absolute Gasteiger partial charge is 0.249 e. The zero-order valence-electron chi connectivity index (χ0n) is 15.2. The number of rotatable bonds is 7. The molecule has 0 saturated carbocycles. The summed E-state index contributed by atoms with van der Waals surface area (Å²) in [4.78, 5) is 4.46. The van der Waals surface area contributed by atoms with Gasteiger partial charge in [-0.15, -0.1) is 5.10 Å². The monoisotopic (exact) mass is 349 g/mol. The third-order valence-corrected chi connectivity index (χ3v) is 3.76. The molecule has 0 aliphatic heterocycles. The Bertz CT molecular complexity index is 849. The summed E-state index contributed by atoms with van der Waals surface area (Å²) < 4.78 is 5.64. The average Bonchev–Trinajstić information content (AvgIpc) is 2.63. The molecule has 0 spiro atoms. The number of hydrogen-bond acceptors (Lipinski definition) is 6. The summed E-state index contributed by atoms with van der Waals surface area (Å²) in [6.07, 6.45) is 1.76. The van der Waals surface area contributed by atoms with Crippen LogP contribution in [0, 0.1) is 6.92 Å². The predicted molar refractivity (Wildman–Crippen MR) is 104 cm³/mol. The highest BCUT2D eigenvalue weighted by Gasteiger charge is 2.04. The minimum absolute atomic E-state index is 0.150. The van der Waals surface area contributed by atoms with Gasteiger partial charge in [0, 0.05) is 12.2 Å². The first-order chi connectivity index (χ1) is 12.6. The number of aromatic nitrogens is 3. The first-order valence-corrected chi connectivity index (χ1v) is 8.62. The van der Waals surface area contributed by atoms with E-state index in [9.17, 15) is 0 Å². The van der Waals surface area contributed by atoms with E-state index in [1.807, 2.05) is 50.2 Å². The summed E-state index contributed by atoms with van der Waals surface area (Å²) in [6.45, 7) is 6.78. The standard InChI is InChI=1S/C20H23N5O/c1-14(2)26-18-10-8-17(9-11-18)23-20-24-19(13-22-25-20)21-12-16-7-5-4-6-15(16)3/h4-11,13-14H,12H2,1-3H3,(H2,21,23,24,25). The van der Waals surface area contributed by atoms with Gasteiger partial charge >= 0.3 is 0 Å². The van der Waals surface area contributed by atoms with Gasteiger partial charge < -0.3 is 15.4 Å². The molecule has 26 heavy (non-hydrogen) atoms. The summed E-state index contributed by atoms with van der Waals surface area (Å²) in [7, 11) is 0. The van der Waals surface area contributed by atoms with Crippen LogP contribution in [0.5, 0.6) is 5.75 Å². The van der Waals surface area contributed by atoms with Crippen LogP contribution in [0.4, 0.5) is 17.5 Å². The number of benzene rings is 2. The highest BCUT2D eigenvalue weighted by Crippen LogP contribution is 2.19. The fraction of sp³-hybridized carbons (Fsp3) is 0.250. The van der Waals surface area contributed by atoms with Crippen LogP contribution in [-0.4, -0.2) is 21.3 Å². The van der Waals surface area contributed by atoms with E-state index in [2.05, 4.69) is 44.9 Å². The summed E-state index contributed by atoms with van der Waals surface area (Å²) in [5.74, 6) is 1.95. The van der Waals surface area contributed by atoms with Crippen LogP contribution in [0.2, 0.25) is 0 Å². The predicted octanol–water partition coefficient (Wildman–Crippen LogP) is 4.32. The molecule has 0 saturated heterocycles. The second-order valence-corrected chi connectivity index (χ2v) is 6.26. The molecular formula is C20H23N5O. The average molecular weight is 349 g/mol. The lowest BCUT2D eigenvalue weighted by atomic mass is 10.1. The molecule has 0 bridgehead atoms. The molecule has 1 heterocycles. The Labute approximate surface area is 153 Å². The molecule has 0 fully saturated rings. The first kappa shape index (κ1) is 17.7. The lowest BCUT2D eigenvalue weighted by Gasteiger charge is -2.11. The molecule has 0 aliphatic carbocycles. The van der Waals surface area contributed by atoms with Crippen molar-refractivity contribution < 1.29 is 4.74 Å². The highest BCUT2D eigenvalue weighted by molar-refractivity contribution is 5.55. The van der Waals surface area contributed by atoms with Gasteiger partial charge in [-0.2, -0.15) is 10.1 Å². The van der Waals surface area contributed by atoms with Crippen molar-refractivity contribution in [2.75, 3.05) is 10.6 Å². The second-order valence-electron chi connectivity index (χ2n) is 6.26. The minimum Gasteiger partial charge on any atom is -0.491 e. The number of aryl methyl sites for hydroxylation is 1. The maximum absolute atomic E-state index is 5.64. The molecule has 134 valence electrons. The van der Waals surface area contributed by atoms with Crippen LogP contribution < -0.4 is 15.4 Å². The number of hydrogen-bond donors (Lipinski definition) is 2. The molecule has 0 aliphatic rings. The fourth-order valence-corrected chi connectivity index (χ4v) is 2.45. The third kappa shape index (κ3) is 4.92. The Morgan fingerprint density at radius 2 is 1.81 bits per heavy atom. The van der Waals surface area contributed by atoms with E-state index in [0.29, 0.717) is 18.3 Å². The van der Waals surface area contributed by atoms with Gasteiger partial charge in [0.2, 0.25) is 5.95 Å². The normalized spacial score (nSPS) is 10.6. The maximum atomic E-state index is 5.64. The fourth-order valence-electron chi connectivity index (χ4n) is 2.45. The lowest BCUT2D eigenvalue weighted by Crippen LogP contribution is -2.07. The topological polar surface area (TPSA) is 72.0 Å². The second kappa shape index (κ2) is 8.29. The van der Waals surface area contributed by atoms with Crippen molar-refractivity contribution in [3.63, 3.8) is 0 Å². The van der Waals surface area contributed by atoms with Crippen molar-refractivity contribution in [2.45, 2.75) is 33.4 Å². The van der Waals surface area contributed by atoms with Gasteiger partial charge in [0.25, 0.3) is 0 Å². The van der Waals surface area contributed by atoms with Gasteiger partial charge in [-0.1, -0.05) is 24.3 Å².